The number of aromatic nitrogens is 2. The van der Waals surface area contributed by atoms with Gasteiger partial charge in [-0.3, -0.25) is 4.79 Å². The Morgan fingerprint density at radius 2 is 1.96 bits per heavy atom. The van der Waals surface area contributed by atoms with Gasteiger partial charge in [0, 0.05) is 16.6 Å². The zero-order chi connectivity index (χ0) is 18.8. The van der Waals surface area contributed by atoms with Gasteiger partial charge in [-0.2, -0.15) is 0 Å². The molecular weight excluding hydrogens is 368 g/mol. The van der Waals surface area contributed by atoms with E-state index in [9.17, 15) is 9.70 Å². The Bertz CT molecular complexity index is 1170. The van der Waals surface area contributed by atoms with E-state index < -0.39 is 0 Å². The second-order valence-corrected chi connectivity index (χ2v) is 6.06. The van der Waals surface area contributed by atoms with E-state index in [0.717, 1.165) is 16.5 Å². The number of nitrogens with one attached hydrogen (secondary N) is 1. The van der Waals surface area contributed by atoms with Gasteiger partial charge in [-0.25, -0.2) is 9.97 Å². The molecule has 0 saturated carbocycles. The molecule has 2 heterocycles. The summed E-state index contributed by atoms with van der Waals surface area (Å²) >= 11 is 6.03. The van der Waals surface area contributed by atoms with Crippen LogP contribution in [0, 0.1) is 4.91 Å². The van der Waals surface area contributed by atoms with Crippen molar-refractivity contribution in [3.63, 3.8) is 0 Å². The Hall–Kier alpha value is -3.58. The van der Waals surface area contributed by atoms with Gasteiger partial charge < -0.3 is 9.73 Å². The van der Waals surface area contributed by atoms with E-state index in [1.807, 2.05) is 18.2 Å². The summed E-state index contributed by atoms with van der Waals surface area (Å²) in [7, 11) is 0. The molecule has 0 aliphatic heterocycles. The van der Waals surface area contributed by atoms with Crippen molar-refractivity contribution in [3.05, 3.63) is 70.5 Å². The lowest BCUT2D eigenvalue weighted by Gasteiger charge is -2.10. The smallest absolute Gasteiger partial charge is 0.185 e. The highest BCUT2D eigenvalue weighted by molar-refractivity contribution is 6.33. The topological polar surface area (TPSA) is 97.5 Å². The molecule has 7 nitrogen and oxygen atoms in total. The number of fused-ring (bicyclic) bond motifs is 1. The third-order valence-electron chi connectivity index (χ3n) is 3.97. The minimum atomic E-state index is 0.167. The first-order valence-electron chi connectivity index (χ1n) is 7.88. The van der Waals surface area contributed by atoms with Crippen molar-refractivity contribution in [3.8, 4) is 11.3 Å². The summed E-state index contributed by atoms with van der Waals surface area (Å²) in [6.07, 6.45) is 2.10. The van der Waals surface area contributed by atoms with Crippen molar-refractivity contribution < 1.29 is 9.21 Å². The number of furan rings is 1. The number of halogens is 1. The summed E-state index contributed by atoms with van der Waals surface area (Å²) in [4.78, 5) is 30.1. The molecule has 4 aromatic rings. The number of carbonyl (C=O) groups is 1. The predicted molar refractivity (Wildman–Crippen MR) is 103 cm³/mol. The summed E-state index contributed by atoms with van der Waals surface area (Å²) in [5.41, 5.74) is 2.34. The summed E-state index contributed by atoms with van der Waals surface area (Å²) in [5.74, 6) is 1.39. The van der Waals surface area contributed by atoms with Gasteiger partial charge in [0.2, 0.25) is 0 Å². The standard InChI is InChI=1S/C19H11ClN4O3/c20-15-8-12(2-5-17(15)24-26)23-19-14-7-11(1-4-16(14)21-10-22-19)18-6-3-13(9-25)27-18/h1-10H,(H,21,22,23). The van der Waals surface area contributed by atoms with Crippen LogP contribution in [-0.2, 0) is 0 Å². The molecule has 0 aliphatic rings. The second-order valence-electron chi connectivity index (χ2n) is 5.66. The van der Waals surface area contributed by atoms with Gasteiger partial charge in [0.1, 0.15) is 23.6 Å². The number of aldehydes is 1. The van der Waals surface area contributed by atoms with Gasteiger partial charge in [0.25, 0.3) is 0 Å². The number of hydrogen-bond donors (Lipinski definition) is 1. The summed E-state index contributed by atoms with van der Waals surface area (Å²) in [6, 6.07) is 13.7. The van der Waals surface area contributed by atoms with Crippen LogP contribution in [-0.4, -0.2) is 16.3 Å². The molecule has 0 radical (unpaired) electrons. The number of nitrogens with zero attached hydrogens (tertiary/aromatic N) is 3. The predicted octanol–water partition coefficient (Wildman–Crippen LogP) is 5.50. The summed E-state index contributed by atoms with van der Waals surface area (Å²) < 4.78 is 5.48. The highest BCUT2D eigenvalue weighted by atomic mass is 35.5. The third kappa shape index (κ3) is 3.28. The summed E-state index contributed by atoms with van der Waals surface area (Å²) in [5, 5.41) is 7.02. The van der Waals surface area contributed by atoms with Gasteiger partial charge in [-0.1, -0.05) is 11.6 Å². The van der Waals surface area contributed by atoms with E-state index in [4.69, 9.17) is 16.0 Å². The fraction of sp³-hybridized carbons (Fsp3) is 0. The highest BCUT2D eigenvalue weighted by Crippen LogP contribution is 2.32. The molecule has 132 valence electrons. The van der Waals surface area contributed by atoms with Crippen LogP contribution in [0.15, 0.2) is 64.5 Å². The fourth-order valence-corrected chi connectivity index (χ4v) is 2.89. The van der Waals surface area contributed by atoms with Crippen molar-refractivity contribution in [2.24, 2.45) is 5.18 Å². The van der Waals surface area contributed by atoms with Gasteiger partial charge in [-0.05, 0) is 53.7 Å². The van der Waals surface area contributed by atoms with E-state index in [-0.39, 0.29) is 16.5 Å². The molecule has 0 saturated heterocycles. The van der Waals surface area contributed by atoms with Gasteiger partial charge in [0.05, 0.1) is 10.5 Å². The number of hydrogen-bond acceptors (Lipinski definition) is 7. The Morgan fingerprint density at radius 1 is 1.07 bits per heavy atom. The second kappa shape index (κ2) is 6.97. The maximum atomic E-state index is 10.8. The molecular formula is C19H11ClN4O3. The molecule has 0 fully saturated rings. The molecule has 0 atom stereocenters. The van der Waals surface area contributed by atoms with Crippen LogP contribution in [0.25, 0.3) is 22.2 Å². The van der Waals surface area contributed by atoms with Gasteiger partial charge >= 0.3 is 0 Å². The van der Waals surface area contributed by atoms with Crippen LogP contribution in [0.3, 0.4) is 0 Å². The first kappa shape index (κ1) is 16.9. The lowest BCUT2D eigenvalue weighted by molar-refractivity contribution is 0.110. The van der Waals surface area contributed by atoms with Crippen LogP contribution >= 0.6 is 11.6 Å². The normalized spacial score (nSPS) is 10.7. The van der Waals surface area contributed by atoms with Crippen molar-refractivity contribution in [2.75, 3.05) is 5.32 Å². The van der Waals surface area contributed by atoms with Crippen LogP contribution < -0.4 is 5.32 Å². The molecule has 27 heavy (non-hydrogen) atoms. The maximum Gasteiger partial charge on any atom is 0.185 e. The molecule has 0 unspecified atom stereocenters. The molecule has 4 rings (SSSR count). The van der Waals surface area contributed by atoms with Gasteiger partial charge in [-0.15, -0.1) is 4.91 Å². The fourth-order valence-electron chi connectivity index (χ4n) is 2.68. The quantitative estimate of drug-likeness (QED) is 0.364. The zero-order valence-electron chi connectivity index (χ0n) is 13.7. The molecule has 2 aromatic heterocycles. The number of rotatable bonds is 5. The first-order chi connectivity index (χ1) is 13.2. The monoisotopic (exact) mass is 378 g/mol. The van der Waals surface area contributed by atoms with Crippen LogP contribution in [0.1, 0.15) is 10.6 Å². The minimum absolute atomic E-state index is 0.167. The SMILES string of the molecule is O=Cc1ccc(-c2ccc3ncnc(Nc4ccc(N=O)c(Cl)c4)c3c2)o1. The number of benzene rings is 2. The number of nitroso groups, excluding NO2 is 1. The van der Waals surface area contributed by atoms with Crippen LogP contribution in [0.5, 0.6) is 0 Å². The van der Waals surface area contributed by atoms with Crippen molar-refractivity contribution >= 4 is 46.0 Å². The maximum absolute atomic E-state index is 10.8. The van der Waals surface area contributed by atoms with Crippen LogP contribution in [0.2, 0.25) is 5.02 Å². The van der Waals surface area contributed by atoms with Crippen molar-refractivity contribution in [1.29, 1.82) is 0 Å². The number of anilines is 2. The van der Waals surface area contributed by atoms with E-state index in [0.29, 0.717) is 23.6 Å². The Labute approximate surface area is 158 Å². The van der Waals surface area contributed by atoms with E-state index >= 15 is 0 Å². The molecule has 1 N–H and O–H groups in total. The average molecular weight is 379 g/mol. The Kier molecular flexibility index (Phi) is 4.35. The van der Waals surface area contributed by atoms with Crippen LogP contribution in [0.4, 0.5) is 17.2 Å². The third-order valence-corrected chi connectivity index (χ3v) is 4.27. The first-order valence-corrected chi connectivity index (χ1v) is 8.26. The lowest BCUT2D eigenvalue weighted by atomic mass is 10.1. The number of carbonyl (C=O) groups excluding carboxylic acids is 1. The van der Waals surface area contributed by atoms with E-state index in [1.54, 1.807) is 24.3 Å². The van der Waals surface area contributed by atoms with E-state index in [1.165, 1.54) is 12.4 Å². The lowest BCUT2D eigenvalue weighted by Crippen LogP contribution is -1.96. The minimum Gasteiger partial charge on any atom is -0.453 e. The average Bonchev–Trinajstić information content (AvgIpc) is 3.17. The molecule has 0 aliphatic carbocycles. The Morgan fingerprint density at radius 3 is 2.70 bits per heavy atom. The molecule has 8 heteroatoms. The van der Waals surface area contributed by atoms with Gasteiger partial charge in [0.15, 0.2) is 12.0 Å². The van der Waals surface area contributed by atoms with E-state index in [2.05, 4.69) is 20.5 Å². The van der Waals surface area contributed by atoms with Crippen molar-refractivity contribution in [1.82, 2.24) is 9.97 Å². The molecule has 0 amide bonds. The molecule has 0 bridgehead atoms. The largest absolute Gasteiger partial charge is 0.453 e. The van der Waals surface area contributed by atoms with Crippen molar-refractivity contribution in [2.45, 2.75) is 0 Å². The summed E-state index contributed by atoms with van der Waals surface area (Å²) in [6.45, 7) is 0. The molecule has 0 spiro atoms. The Balaban J connectivity index is 1.76. The highest BCUT2D eigenvalue weighted by Gasteiger charge is 2.10. The zero-order valence-corrected chi connectivity index (χ0v) is 14.5. The molecule has 2 aromatic carbocycles.